The second-order valence-electron chi connectivity index (χ2n) is 5.65. The second-order valence-corrected chi connectivity index (χ2v) is 5.65. The fourth-order valence-corrected chi connectivity index (χ4v) is 2.84. The molecule has 0 radical (unpaired) electrons. The van der Waals surface area contributed by atoms with Crippen molar-refractivity contribution in [1.82, 2.24) is 10.2 Å². The highest BCUT2D eigenvalue weighted by Crippen LogP contribution is 2.32. The first-order valence-electron chi connectivity index (χ1n) is 6.61. The summed E-state index contributed by atoms with van der Waals surface area (Å²) >= 11 is 0. The van der Waals surface area contributed by atoms with Gasteiger partial charge >= 0.3 is 0 Å². The lowest BCUT2D eigenvalue weighted by atomic mass is 9.84. The first kappa shape index (κ1) is 13.3. The van der Waals surface area contributed by atoms with Crippen molar-refractivity contribution in [2.24, 2.45) is 5.92 Å². The number of piperazine rings is 1. The first-order valence-corrected chi connectivity index (χ1v) is 6.61. The molecule has 2 unspecified atom stereocenters. The monoisotopic (exact) mass is 254 g/mol. The van der Waals surface area contributed by atoms with Gasteiger partial charge in [0.1, 0.15) is 12.1 Å². The number of nitrogens with one attached hydrogen (secondary N) is 1. The summed E-state index contributed by atoms with van der Waals surface area (Å²) in [6.45, 7) is 5.70. The van der Waals surface area contributed by atoms with E-state index in [2.05, 4.69) is 5.32 Å². The second kappa shape index (κ2) is 4.88. The van der Waals surface area contributed by atoms with Crippen LogP contribution in [0.4, 0.5) is 0 Å². The smallest absolute Gasteiger partial charge is 0.245 e. The zero-order valence-electron chi connectivity index (χ0n) is 11.5. The molecule has 5 heteroatoms. The first-order chi connectivity index (χ1) is 8.45. The predicted octanol–water partition coefficient (Wildman–Crippen LogP) is 0.535. The third kappa shape index (κ3) is 2.11. The van der Waals surface area contributed by atoms with Gasteiger partial charge in [-0.1, -0.05) is 13.8 Å². The highest BCUT2D eigenvalue weighted by atomic mass is 16.5. The Morgan fingerprint density at radius 2 is 1.94 bits per heavy atom. The van der Waals surface area contributed by atoms with E-state index >= 15 is 0 Å². The summed E-state index contributed by atoms with van der Waals surface area (Å²) < 4.78 is 5.25. The Morgan fingerprint density at radius 3 is 2.44 bits per heavy atom. The van der Waals surface area contributed by atoms with E-state index in [1.54, 1.807) is 18.9 Å². The van der Waals surface area contributed by atoms with Crippen molar-refractivity contribution < 1.29 is 14.3 Å². The molecule has 1 saturated carbocycles. The van der Waals surface area contributed by atoms with E-state index in [1.165, 1.54) is 0 Å². The lowest BCUT2D eigenvalue weighted by molar-refractivity contribution is -0.159. The minimum absolute atomic E-state index is 0.0297. The molecule has 18 heavy (non-hydrogen) atoms. The molecule has 0 aromatic rings. The maximum Gasteiger partial charge on any atom is 0.245 e. The Morgan fingerprint density at radius 1 is 1.33 bits per heavy atom. The molecule has 1 aliphatic carbocycles. The summed E-state index contributed by atoms with van der Waals surface area (Å²) in [5.74, 6) is 0.133. The van der Waals surface area contributed by atoms with Crippen molar-refractivity contribution in [2.75, 3.05) is 7.11 Å². The summed E-state index contributed by atoms with van der Waals surface area (Å²) in [5.41, 5.74) is 0. The normalized spacial score (nSPS) is 36.6. The van der Waals surface area contributed by atoms with Gasteiger partial charge in [0.15, 0.2) is 0 Å². The molecule has 0 spiro atoms. The molecule has 102 valence electrons. The van der Waals surface area contributed by atoms with Gasteiger partial charge in [-0.05, 0) is 25.7 Å². The molecule has 2 rings (SSSR count). The standard InChI is InChI=1S/C13H22N2O3/c1-7(2)11-12(16)14-8(3)13(17)15(11)9-5-10(6-9)18-4/h7-11H,5-6H2,1-4H3,(H,14,16). The van der Waals surface area contributed by atoms with Crippen LogP contribution in [0.1, 0.15) is 33.6 Å². The lowest BCUT2D eigenvalue weighted by Gasteiger charge is -2.49. The Labute approximate surface area is 108 Å². The molecule has 5 nitrogen and oxygen atoms in total. The molecule has 2 fully saturated rings. The molecule has 2 amide bonds. The Hall–Kier alpha value is -1.10. The number of ether oxygens (including phenoxy) is 1. The quantitative estimate of drug-likeness (QED) is 0.799. The van der Waals surface area contributed by atoms with Crippen LogP contribution in [0, 0.1) is 5.92 Å². The zero-order chi connectivity index (χ0) is 13.4. The maximum atomic E-state index is 12.3. The zero-order valence-corrected chi connectivity index (χ0v) is 11.5. The maximum absolute atomic E-state index is 12.3. The molecule has 2 atom stereocenters. The van der Waals surface area contributed by atoms with Crippen molar-refractivity contribution in [1.29, 1.82) is 0 Å². The number of carbonyl (C=O) groups is 2. The van der Waals surface area contributed by atoms with Gasteiger partial charge in [-0.2, -0.15) is 0 Å². The van der Waals surface area contributed by atoms with E-state index in [0.29, 0.717) is 0 Å². The van der Waals surface area contributed by atoms with Gasteiger partial charge in [-0.3, -0.25) is 9.59 Å². The molecular weight excluding hydrogens is 232 g/mol. The molecule has 1 saturated heterocycles. The third-order valence-electron chi connectivity index (χ3n) is 3.98. The molecular formula is C13H22N2O3. The number of methoxy groups -OCH3 is 1. The van der Waals surface area contributed by atoms with Crippen LogP contribution in [-0.4, -0.2) is 48.1 Å². The molecule has 2 aliphatic rings. The number of carbonyl (C=O) groups excluding carboxylic acids is 2. The number of nitrogens with zero attached hydrogens (tertiary/aromatic N) is 1. The lowest BCUT2D eigenvalue weighted by Crippen LogP contribution is -2.68. The number of hydrogen-bond donors (Lipinski definition) is 1. The van der Waals surface area contributed by atoms with Crippen LogP contribution in [0.25, 0.3) is 0 Å². The van der Waals surface area contributed by atoms with Gasteiger partial charge in [0.05, 0.1) is 6.10 Å². The highest BCUT2D eigenvalue weighted by molar-refractivity contribution is 5.97. The van der Waals surface area contributed by atoms with Crippen molar-refractivity contribution in [3.05, 3.63) is 0 Å². The van der Waals surface area contributed by atoms with Crippen LogP contribution in [0.15, 0.2) is 0 Å². The Balaban J connectivity index is 2.16. The van der Waals surface area contributed by atoms with Crippen molar-refractivity contribution in [3.63, 3.8) is 0 Å². The van der Waals surface area contributed by atoms with Crippen molar-refractivity contribution >= 4 is 11.8 Å². The molecule has 0 aromatic heterocycles. The van der Waals surface area contributed by atoms with Crippen LogP contribution >= 0.6 is 0 Å². The average Bonchev–Trinajstić information content (AvgIpc) is 2.22. The van der Waals surface area contributed by atoms with Gasteiger partial charge in [-0.25, -0.2) is 0 Å². The van der Waals surface area contributed by atoms with Crippen LogP contribution in [0.2, 0.25) is 0 Å². The number of rotatable bonds is 3. The number of amides is 2. The SMILES string of the molecule is COC1CC(N2C(=O)C(C)NC(=O)C2C(C)C)C1. The van der Waals surface area contributed by atoms with Crippen LogP contribution in [0.5, 0.6) is 0 Å². The molecule has 1 heterocycles. The minimum Gasteiger partial charge on any atom is -0.381 e. The van der Waals surface area contributed by atoms with Gasteiger partial charge in [0, 0.05) is 13.2 Å². The van der Waals surface area contributed by atoms with Crippen molar-refractivity contribution in [2.45, 2.75) is 57.8 Å². The van der Waals surface area contributed by atoms with E-state index in [0.717, 1.165) is 12.8 Å². The molecule has 0 aromatic carbocycles. The van der Waals surface area contributed by atoms with E-state index in [4.69, 9.17) is 4.74 Å². The summed E-state index contributed by atoms with van der Waals surface area (Å²) in [7, 11) is 1.69. The molecule has 0 bridgehead atoms. The fourth-order valence-electron chi connectivity index (χ4n) is 2.84. The largest absolute Gasteiger partial charge is 0.381 e. The summed E-state index contributed by atoms with van der Waals surface area (Å²) in [4.78, 5) is 26.1. The summed E-state index contributed by atoms with van der Waals surface area (Å²) in [6.07, 6.45) is 1.91. The van der Waals surface area contributed by atoms with E-state index in [9.17, 15) is 9.59 Å². The predicted molar refractivity (Wildman–Crippen MR) is 66.9 cm³/mol. The minimum atomic E-state index is -0.408. The van der Waals surface area contributed by atoms with Crippen molar-refractivity contribution in [3.8, 4) is 0 Å². The van der Waals surface area contributed by atoms with E-state index in [-0.39, 0.29) is 35.9 Å². The third-order valence-corrected chi connectivity index (χ3v) is 3.98. The van der Waals surface area contributed by atoms with Crippen LogP contribution < -0.4 is 5.32 Å². The van der Waals surface area contributed by atoms with E-state index < -0.39 is 6.04 Å². The molecule has 1 aliphatic heterocycles. The van der Waals surface area contributed by atoms with Gasteiger partial charge in [0.2, 0.25) is 11.8 Å². The Bertz CT molecular complexity index is 350. The molecule has 1 N–H and O–H groups in total. The average molecular weight is 254 g/mol. The fraction of sp³-hybridized carbons (Fsp3) is 0.846. The van der Waals surface area contributed by atoms with Gasteiger partial charge in [-0.15, -0.1) is 0 Å². The topological polar surface area (TPSA) is 58.6 Å². The highest BCUT2D eigenvalue weighted by Gasteiger charge is 2.47. The van der Waals surface area contributed by atoms with Gasteiger partial charge in [0.25, 0.3) is 0 Å². The number of hydrogen-bond acceptors (Lipinski definition) is 3. The summed E-state index contributed by atoms with van der Waals surface area (Å²) in [5, 5.41) is 2.76. The van der Waals surface area contributed by atoms with Crippen LogP contribution in [0.3, 0.4) is 0 Å². The summed E-state index contributed by atoms with van der Waals surface area (Å²) in [6, 6.07) is -0.589. The van der Waals surface area contributed by atoms with E-state index in [1.807, 2.05) is 13.8 Å². The van der Waals surface area contributed by atoms with Gasteiger partial charge < -0.3 is 15.0 Å². The Kier molecular flexibility index (Phi) is 3.61. The van der Waals surface area contributed by atoms with Crippen LogP contribution in [-0.2, 0) is 14.3 Å².